The second kappa shape index (κ2) is 6.23. The number of carbonyl (C=O) groups excluding carboxylic acids is 1. The van der Waals surface area contributed by atoms with E-state index < -0.39 is 24.4 Å². The summed E-state index contributed by atoms with van der Waals surface area (Å²) in [5.41, 5.74) is 1.01. The third kappa shape index (κ3) is 5.46. The average Bonchev–Trinajstić information content (AvgIpc) is 2.28. The molecule has 0 atom stereocenters. The molecule has 0 bridgehead atoms. The zero-order valence-corrected chi connectivity index (χ0v) is 11.5. The van der Waals surface area contributed by atoms with Crippen LogP contribution in [0.1, 0.15) is 5.56 Å². The summed E-state index contributed by atoms with van der Waals surface area (Å²) in [6, 6.07) is 2.67. The lowest BCUT2D eigenvalue weighted by Crippen LogP contribution is -2.37. The van der Waals surface area contributed by atoms with Gasteiger partial charge >= 0.3 is 6.18 Å². The van der Waals surface area contributed by atoms with Crippen molar-refractivity contribution in [3.63, 3.8) is 0 Å². The fourth-order valence-electron chi connectivity index (χ4n) is 1.27. The highest BCUT2D eigenvalue weighted by Crippen LogP contribution is 2.23. The minimum absolute atomic E-state index is 0.275. The van der Waals surface area contributed by atoms with Gasteiger partial charge in [0.25, 0.3) is 0 Å². The van der Waals surface area contributed by atoms with E-state index in [4.69, 9.17) is 0 Å². The van der Waals surface area contributed by atoms with Gasteiger partial charge in [-0.2, -0.15) is 13.2 Å². The number of carbonyl (C=O) groups is 1. The van der Waals surface area contributed by atoms with E-state index in [9.17, 15) is 22.4 Å². The molecule has 0 aliphatic rings. The molecular formula is C11H11BrF4N2O. The highest BCUT2D eigenvalue weighted by atomic mass is 79.9. The molecule has 19 heavy (non-hydrogen) atoms. The molecule has 106 valence electrons. The van der Waals surface area contributed by atoms with E-state index in [-0.39, 0.29) is 11.0 Å². The van der Waals surface area contributed by atoms with Crippen LogP contribution >= 0.6 is 15.9 Å². The molecule has 0 spiro atoms. The highest BCUT2D eigenvalue weighted by molar-refractivity contribution is 9.10. The van der Waals surface area contributed by atoms with Crippen LogP contribution in [0.5, 0.6) is 0 Å². The SMILES string of the molecule is Cc1cc(Br)c(F)cc1NCC(=O)NCC(F)(F)F. The number of amides is 1. The normalized spacial score (nSPS) is 11.3. The molecule has 2 N–H and O–H groups in total. The number of aryl methyl sites for hydroxylation is 1. The molecular weight excluding hydrogens is 332 g/mol. The fraction of sp³-hybridized carbons (Fsp3) is 0.364. The maximum Gasteiger partial charge on any atom is 0.405 e. The quantitative estimate of drug-likeness (QED) is 0.826. The van der Waals surface area contributed by atoms with Gasteiger partial charge in [-0.1, -0.05) is 0 Å². The Labute approximate surface area is 115 Å². The van der Waals surface area contributed by atoms with Crippen LogP contribution in [0.2, 0.25) is 0 Å². The molecule has 0 saturated carbocycles. The van der Waals surface area contributed by atoms with E-state index in [1.54, 1.807) is 12.2 Å². The van der Waals surface area contributed by atoms with Crippen LogP contribution < -0.4 is 10.6 Å². The smallest absolute Gasteiger partial charge is 0.376 e. The van der Waals surface area contributed by atoms with Gasteiger partial charge in [0, 0.05) is 5.69 Å². The third-order valence-electron chi connectivity index (χ3n) is 2.19. The van der Waals surface area contributed by atoms with Crippen LogP contribution in [0.3, 0.4) is 0 Å². The van der Waals surface area contributed by atoms with Gasteiger partial charge in [-0.3, -0.25) is 4.79 Å². The maximum absolute atomic E-state index is 13.3. The van der Waals surface area contributed by atoms with Crippen LogP contribution in [0.15, 0.2) is 16.6 Å². The predicted octanol–water partition coefficient (Wildman–Crippen LogP) is 2.99. The molecule has 0 saturated heterocycles. The van der Waals surface area contributed by atoms with Gasteiger partial charge in [0.1, 0.15) is 12.4 Å². The number of rotatable bonds is 4. The molecule has 1 rings (SSSR count). The van der Waals surface area contributed by atoms with Gasteiger partial charge in [-0.25, -0.2) is 4.39 Å². The summed E-state index contributed by atoms with van der Waals surface area (Å²) in [6.45, 7) is -0.0701. The summed E-state index contributed by atoms with van der Waals surface area (Å²) in [4.78, 5) is 11.1. The summed E-state index contributed by atoms with van der Waals surface area (Å²) in [5.74, 6) is -1.34. The minimum atomic E-state index is -4.45. The van der Waals surface area contributed by atoms with Crippen LogP contribution in [0.4, 0.5) is 23.2 Å². The Morgan fingerprint density at radius 2 is 2.00 bits per heavy atom. The summed E-state index contributed by atoms with van der Waals surface area (Å²) < 4.78 is 49.1. The van der Waals surface area contributed by atoms with Gasteiger partial charge in [-0.05, 0) is 40.5 Å². The second-order valence-electron chi connectivity index (χ2n) is 3.83. The van der Waals surface area contributed by atoms with Crippen molar-refractivity contribution in [3.8, 4) is 0 Å². The van der Waals surface area contributed by atoms with E-state index in [0.29, 0.717) is 11.3 Å². The first kappa shape index (κ1) is 15.7. The monoisotopic (exact) mass is 342 g/mol. The number of alkyl halides is 3. The summed E-state index contributed by atoms with van der Waals surface area (Å²) in [6.07, 6.45) is -4.45. The Hall–Kier alpha value is -1.31. The van der Waals surface area contributed by atoms with E-state index in [2.05, 4.69) is 21.2 Å². The van der Waals surface area contributed by atoms with Gasteiger partial charge < -0.3 is 10.6 Å². The molecule has 1 amide bonds. The van der Waals surface area contributed by atoms with Crippen molar-refractivity contribution in [2.45, 2.75) is 13.1 Å². The number of hydrogen-bond acceptors (Lipinski definition) is 2. The Kier molecular flexibility index (Phi) is 5.16. The Balaban J connectivity index is 2.53. The zero-order valence-electron chi connectivity index (χ0n) is 9.87. The van der Waals surface area contributed by atoms with Crippen LogP contribution in [-0.4, -0.2) is 25.2 Å². The lowest BCUT2D eigenvalue weighted by atomic mass is 10.2. The first-order chi connectivity index (χ1) is 8.69. The van der Waals surface area contributed by atoms with Crippen molar-refractivity contribution >= 4 is 27.5 Å². The first-order valence-electron chi connectivity index (χ1n) is 5.22. The van der Waals surface area contributed by atoms with E-state index in [1.165, 1.54) is 6.07 Å². The summed E-state index contributed by atoms with van der Waals surface area (Å²) in [5, 5.41) is 4.29. The molecule has 1 aromatic carbocycles. The van der Waals surface area contributed by atoms with Gasteiger partial charge in [0.05, 0.1) is 11.0 Å². The van der Waals surface area contributed by atoms with Crippen LogP contribution in [0, 0.1) is 12.7 Å². The molecule has 0 aromatic heterocycles. The highest BCUT2D eigenvalue weighted by Gasteiger charge is 2.27. The lowest BCUT2D eigenvalue weighted by Gasteiger charge is -2.12. The summed E-state index contributed by atoms with van der Waals surface area (Å²) >= 11 is 3.00. The molecule has 0 heterocycles. The van der Waals surface area contributed by atoms with Crippen molar-refractivity contribution in [1.29, 1.82) is 0 Å². The fourth-order valence-corrected chi connectivity index (χ4v) is 1.73. The van der Waals surface area contributed by atoms with Crippen molar-refractivity contribution in [1.82, 2.24) is 5.32 Å². The number of halogens is 5. The van der Waals surface area contributed by atoms with Crippen molar-refractivity contribution in [2.24, 2.45) is 0 Å². The van der Waals surface area contributed by atoms with Gasteiger partial charge in [-0.15, -0.1) is 0 Å². The van der Waals surface area contributed by atoms with Gasteiger partial charge in [0.2, 0.25) is 5.91 Å². The molecule has 0 unspecified atom stereocenters. The Morgan fingerprint density at radius 3 is 2.58 bits per heavy atom. The van der Waals surface area contributed by atoms with Crippen molar-refractivity contribution in [2.75, 3.05) is 18.4 Å². The predicted molar refractivity (Wildman–Crippen MR) is 66.4 cm³/mol. The zero-order chi connectivity index (χ0) is 14.6. The second-order valence-corrected chi connectivity index (χ2v) is 4.68. The first-order valence-corrected chi connectivity index (χ1v) is 6.01. The number of hydrogen-bond donors (Lipinski definition) is 2. The molecule has 0 aliphatic carbocycles. The molecule has 0 radical (unpaired) electrons. The standard InChI is InChI=1S/C11H11BrF4N2O/c1-6-2-7(12)8(13)3-9(6)17-4-10(19)18-5-11(14,15)16/h2-3,17H,4-5H2,1H3,(H,18,19). The number of anilines is 1. The molecule has 8 heteroatoms. The largest absolute Gasteiger partial charge is 0.405 e. The van der Waals surface area contributed by atoms with Crippen LogP contribution in [-0.2, 0) is 4.79 Å². The molecule has 0 aliphatic heterocycles. The van der Waals surface area contributed by atoms with E-state index in [0.717, 1.165) is 6.07 Å². The Bertz CT molecular complexity index is 476. The maximum atomic E-state index is 13.3. The van der Waals surface area contributed by atoms with Crippen molar-refractivity contribution < 1.29 is 22.4 Å². The molecule has 3 nitrogen and oxygen atoms in total. The molecule has 1 aromatic rings. The van der Waals surface area contributed by atoms with E-state index >= 15 is 0 Å². The average molecular weight is 343 g/mol. The summed E-state index contributed by atoms with van der Waals surface area (Å²) in [7, 11) is 0. The molecule has 0 fully saturated rings. The topological polar surface area (TPSA) is 41.1 Å². The third-order valence-corrected chi connectivity index (χ3v) is 2.80. The number of benzene rings is 1. The van der Waals surface area contributed by atoms with Gasteiger partial charge in [0.15, 0.2) is 0 Å². The Morgan fingerprint density at radius 1 is 1.37 bits per heavy atom. The van der Waals surface area contributed by atoms with E-state index in [1.807, 2.05) is 0 Å². The van der Waals surface area contributed by atoms with Crippen LogP contribution in [0.25, 0.3) is 0 Å². The van der Waals surface area contributed by atoms with Crippen molar-refractivity contribution in [3.05, 3.63) is 28.0 Å². The lowest BCUT2D eigenvalue weighted by molar-refractivity contribution is -0.137. The number of nitrogens with one attached hydrogen (secondary N) is 2. The minimum Gasteiger partial charge on any atom is -0.376 e.